The summed E-state index contributed by atoms with van der Waals surface area (Å²) in [5.41, 5.74) is 4.70. The number of carbonyl (C=O) groups is 2. The average molecular weight is 324 g/mol. The lowest BCUT2D eigenvalue weighted by Crippen LogP contribution is -2.42. The van der Waals surface area contributed by atoms with Crippen LogP contribution in [-0.4, -0.2) is 32.4 Å². The third-order valence-electron chi connectivity index (χ3n) is 2.59. The Morgan fingerprint density at radius 2 is 1.95 bits per heavy atom. The van der Waals surface area contributed by atoms with Gasteiger partial charge in [0.1, 0.15) is 11.6 Å². The first-order valence-corrected chi connectivity index (χ1v) is 7.10. The Morgan fingerprint density at radius 1 is 1.27 bits per heavy atom. The van der Waals surface area contributed by atoms with Crippen molar-refractivity contribution in [2.45, 2.75) is 12.1 Å². The van der Waals surface area contributed by atoms with Gasteiger partial charge in [0, 0.05) is 5.56 Å². The van der Waals surface area contributed by atoms with Crippen molar-refractivity contribution in [3.05, 3.63) is 41.5 Å². The van der Waals surface area contributed by atoms with E-state index in [1.54, 1.807) is 6.92 Å². The highest BCUT2D eigenvalue weighted by molar-refractivity contribution is 7.99. The third-order valence-corrected chi connectivity index (χ3v) is 3.53. The predicted molar refractivity (Wildman–Crippen MR) is 77.6 cm³/mol. The summed E-state index contributed by atoms with van der Waals surface area (Å²) in [4.78, 5) is 23.3. The Hall–Kier alpha value is -2.62. The SMILES string of the molecule is Cc1nnc(SCC(=O)NNC(=O)c2ccc(F)cc2)n1N. The van der Waals surface area contributed by atoms with E-state index in [1.807, 2.05) is 0 Å². The van der Waals surface area contributed by atoms with Crippen LogP contribution in [0.3, 0.4) is 0 Å². The average Bonchev–Trinajstić information content (AvgIpc) is 2.83. The number of carbonyl (C=O) groups excluding carboxylic acids is 2. The van der Waals surface area contributed by atoms with Crippen molar-refractivity contribution in [3.63, 3.8) is 0 Å². The Bertz CT molecular complexity index is 687. The molecule has 2 rings (SSSR count). The molecule has 0 aliphatic heterocycles. The number of aryl methyl sites for hydroxylation is 1. The normalized spacial score (nSPS) is 10.3. The van der Waals surface area contributed by atoms with E-state index < -0.39 is 17.6 Å². The Labute approximate surface area is 129 Å². The molecule has 0 saturated carbocycles. The maximum Gasteiger partial charge on any atom is 0.269 e. The quantitative estimate of drug-likeness (QED) is 0.414. The second-order valence-electron chi connectivity index (χ2n) is 4.20. The van der Waals surface area contributed by atoms with Crippen molar-refractivity contribution < 1.29 is 14.0 Å². The molecule has 0 spiro atoms. The highest BCUT2D eigenvalue weighted by Gasteiger charge is 2.11. The number of nitrogens with two attached hydrogens (primary N) is 1. The van der Waals surface area contributed by atoms with Crippen molar-refractivity contribution in [3.8, 4) is 0 Å². The second-order valence-corrected chi connectivity index (χ2v) is 5.14. The zero-order chi connectivity index (χ0) is 16.1. The summed E-state index contributed by atoms with van der Waals surface area (Å²) in [7, 11) is 0. The molecule has 1 aromatic carbocycles. The minimum Gasteiger partial charge on any atom is -0.336 e. The van der Waals surface area contributed by atoms with E-state index in [0.717, 1.165) is 23.9 Å². The van der Waals surface area contributed by atoms with Gasteiger partial charge in [0.2, 0.25) is 11.1 Å². The van der Waals surface area contributed by atoms with Crippen LogP contribution in [0, 0.1) is 12.7 Å². The van der Waals surface area contributed by atoms with Crippen LogP contribution in [0.15, 0.2) is 29.4 Å². The Kier molecular flexibility index (Phi) is 4.94. The van der Waals surface area contributed by atoms with E-state index in [1.165, 1.54) is 16.8 Å². The summed E-state index contributed by atoms with van der Waals surface area (Å²) in [6.07, 6.45) is 0. The van der Waals surface area contributed by atoms with Gasteiger partial charge in [0.05, 0.1) is 5.75 Å². The van der Waals surface area contributed by atoms with Crippen LogP contribution in [0.1, 0.15) is 16.2 Å². The molecule has 10 heteroatoms. The zero-order valence-electron chi connectivity index (χ0n) is 11.5. The minimum absolute atomic E-state index is 0.000961. The Morgan fingerprint density at radius 3 is 2.55 bits per heavy atom. The summed E-state index contributed by atoms with van der Waals surface area (Å²) >= 11 is 1.08. The number of rotatable bonds is 4. The number of hydrogen-bond donors (Lipinski definition) is 3. The first-order chi connectivity index (χ1) is 10.5. The van der Waals surface area contributed by atoms with Gasteiger partial charge in [0.25, 0.3) is 5.91 Å². The number of thioether (sulfide) groups is 1. The summed E-state index contributed by atoms with van der Waals surface area (Å²) in [6, 6.07) is 4.93. The number of halogens is 1. The fourth-order valence-corrected chi connectivity index (χ4v) is 2.12. The van der Waals surface area contributed by atoms with Crippen LogP contribution in [0.25, 0.3) is 0 Å². The molecule has 0 unspecified atom stereocenters. The molecule has 0 radical (unpaired) electrons. The number of hydrazine groups is 1. The molecule has 2 aromatic rings. The standard InChI is InChI=1S/C12H13FN6O2S/c1-7-15-18-12(19(7)14)22-6-10(20)16-17-11(21)8-2-4-9(13)5-3-8/h2-5H,6,14H2,1H3,(H,16,20)(H,17,21). The van der Waals surface area contributed by atoms with E-state index in [9.17, 15) is 14.0 Å². The van der Waals surface area contributed by atoms with E-state index in [-0.39, 0.29) is 11.3 Å². The predicted octanol–water partition coefficient (Wildman–Crippen LogP) is -0.00728. The van der Waals surface area contributed by atoms with Crippen molar-refractivity contribution in [2.24, 2.45) is 0 Å². The Balaban J connectivity index is 1.79. The number of nitrogens with one attached hydrogen (secondary N) is 2. The molecule has 8 nitrogen and oxygen atoms in total. The molecular formula is C12H13FN6O2S. The highest BCUT2D eigenvalue weighted by atomic mass is 32.2. The molecule has 0 atom stereocenters. The van der Waals surface area contributed by atoms with Gasteiger partial charge in [-0.2, -0.15) is 0 Å². The number of aromatic nitrogens is 3. The van der Waals surface area contributed by atoms with Crippen LogP contribution < -0.4 is 16.7 Å². The van der Waals surface area contributed by atoms with Gasteiger partial charge < -0.3 is 5.84 Å². The smallest absolute Gasteiger partial charge is 0.269 e. The summed E-state index contributed by atoms with van der Waals surface area (Å²) < 4.78 is 14.0. The third kappa shape index (κ3) is 3.95. The fraction of sp³-hybridized carbons (Fsp3) is 0.167. The summed E-state index contributed by atoms with van der Waals surface area (Å²) in [6.45, 7) is 1.68. The van der Waals surface area contributed by atoms with Gasteiger partial charge in [-0.15, -0.1) is 10.2 Å². The molecule has 0 bridgehead atoms. The first kappa shape index (κ1) is 15.8. The highest BCUT2D eigenvalue weighted by Crippen LogP contribution is 2.13. The fourth-order valence-electron chi connectivity index (χ4n) is 1.41. The molecule has 0 fully saturated rings. The van der Waals surface area contributed by atoms with Crippen LogP contribution in [0.5, 0.6) is 0 Å². The number of nitrogen functional groups attached to an aromatic ring is 1. The molecule has 0 saturated heterocycles. The maximum atomic E-state index is 12.7. The zero-order valence-corrected chi connectivity index (χ0v) is 12.4. The number of nitrogens with zero attached hydrogens (tertiary/aromatic N) is 3. The minimum atomic E-state index is -0.545. The number of hydrogen-bond acceptors (Lipinski definition) is 6. The van der Waals surface area contributed by atoms with Crippen LogP contribution in [0.4, 0.5) is 4.39 Å². The lowest BCUT2D eigenvalue weighted by atomic mass is 10.2. The van der Waals surface area contributed by atoms with Gasteiger partial charge in [-0.25, -0.2) is 9.07 Å². The molecule has 1 aromatic heterocycles. The maximum absolute atomic E-state index is 12.7. The molecular weight excluding hydrogens is 311 g/mol. The number of amides is 2. The van der Waals surface area contributed by atoms with Crippen LogP contribution in [0.2, 0.25) is 0 Å². The largest absolute Gasteiger partial charge is 0.336 e. The van der Waals surface area contributed by atoms with E-state index in [2.05, 4.69) is 21.0 Å². The summed E-state index contributed by atoms with van der Waals surface area (Å²) in [5, 5.41) is 7.92. The van der Waals surface area contributed by atoms with Crippen LogP contribution in [-0.2, 0) is 4.79 Å². The van der Waals surface area contributed by atoms with Crippen molar-refractivity contribution in [1.29, 1.82) is 0 Å². The van der Waals surface area contributed by atoms with Crippen molar-refractivity contribution in [1.82, 2.24) is 25.7 Å². The molecule has 0 aliphatic carbocycles. The topological polar surface area (TPSA) is 115 Å². The first-order valence-electron chi connectivity index (χ1n) is 6.12. The van der Waals surface area contributed by atoms with Crippen LogP contribution >= 0.6 is 11.8 Å². The monoisotopic (exact) mass is 324 g/mol. The lowest BCUT2D eigenvalue weighted by molar-refractivity contribution is -0.119. The molecule has 1 heterocycles. The van der Waals surface area contributed by atoms with Crippen molar-refractivity contribution >= 4 is 23.6 Å². The van der Waals surface area contributed by atoms with Gasteiger partial charge >= 0.3 is 0 Å². The second kappa shape index (κ2) is 6.89. The molecule has 4 N–H and O–H groups in total. The number of benzene rings is 1. The molecule has 116 valence electrons. The van der Waals surface area contributed by atoms with Gasteiger partial charge in [-0.3, -0.25) is 20.4 Å². The molecule has 22 heavy (non-hydrogen) atoms. The van der Waals surface area contributed by atoms with E-state index in [0.29, 0.717) is 11.0 Å². The van der Waals surface area contributed by atoms with E-state index >= 15 is 0 Å². The van der Waals surface area contributed by atoms with Crippen molar-refractivity contribution in [2.75, 3.05) is 11.6 Å². The molecule has 0 aliphatic rings. The van der Waals surface area contributed by atoms with Gasteiger partial charge in [-0.05, 0) is 31.2 Å². The van der Waals surface area contributed by atoms with Gasteiger partial charge in [-0.1, -0.05) is 11.8 Å². The lowest BCUT2D eigenvalue weighted by Gasteiger charge is -2.07. The van der Waals surface area contributed by atoms with Gasteiger partial charge in [0.15, 0.2) is 0 Å². The molecule has 2 amide bonds. The van der Waals surface area contributed by atoms with E-state index in [4.69, 9.17) is 5.84 Å². The summed E-state index contributed by atoms with van der Waals surface area (Å²) in [5.74, 6) is 4.72.